The molecule has 162 valence electrons. The molecule has 1 saturated heterocycles. The van der Waals surface area contributed by atoms with Gasteiger partial charge in [0, 0.05) is 37.8 Å². The molecule has 0 spiro atoms. The van der Waals surface area contributed by atoms with Crippen LogP contribution in [-0.4, -0.2) is 60.3 Å². The Labute approximate surface area is 181 Å². The zero-order valence-corrected chi connectivity index (χ0v) is 18.1. The molecule has 0 aliphatic carbocycles. The van der Waals surface area contributed by atoms with Gasteiger partial charge in [0.05, 0.1) is 22.8 Å². The number of carbonyl (C=O) groups excluding carboxylic acids is 1. The first-order valence-corrected chi connectivity index (χ1v) is 11.9. The van der Waals surface area contributed by atoms with E-state index in [-0.39, 0.29) is 30.5 Å². The zero-order chi connectivity index (χ0) is 21.8. The van der Waals surface area contributed by atoms with Crippen molar-refractivity contribution in [2.24, 2.45) is 0 Å². The number of pyridine rings is 1. The van der Waals surface area contributed by atoms with Gasteiger partial charge in [0.2, 0.25) is 5.89 Å². The lowest BCUT2D eigenvalue weighted by molar-refractivity contribution is 0.0770. The maximum atomic E-state index is 12.5. The average Bonchev–Trinajstić information content (AvgIpc) is 3.23. The van der Waals surface area contributed by atoms with Crippen molar-refractivity contribution in [2.45, 2.75) is 13.3 Å². The molecular weight excluding hydrogens is 416 g/mol. The van der Waals surface area contributed by atoms with Gasteiger partial charge in [-0.25, -0.2) is 18.4 Å². The van der Waals surface area contributed by atoms with Crippen LogP contribution in [0.15, 0.2) is 53.3 Å². The van der Waals surface area contributed by atoms with Crippen LogP contribution in [0.2, 0.25) is 0 Å². The van der Waals surface area contributed by atoms with E-state index in [4.69, 9.17) is 4.42 Å². The second-order valence-electron chi connectivity index (χ2n) is 7.56. The molecule has 1 N–H and O–H groups in total. The van der Waals surface area contributed by atoms with Crippen molar-refractivity contribution in [3.63, 3.8) is 0 Å². The van der Waals surface area contributed by atoms with Crippen LogP contribution in [0.25, 0.3) is 11.5 Å². The van der Waals surface area contributed by atoms with E-state index in [9.17, 15) is 13.2 Å². The molecule has 1 amide bonds. The van der Waals surface area contributed by atoms with E-state index in [0.717, 1.165) is 11.3 Å². The minimum absolute atomic E-state index is 0.0134. The number of aromatic nitrogens is 2. The van der Waals surface area contributed by atoms with E-state index in [0.29, 0.717) is 30.2 Å². The number of nitrogens with one attached hydrogen (secondary N) is 1. The summed E-state index contributed by atoms with van der Waals surface area (Å²) in [5.41, 5.74) is 3.42. The minimum atomic E-state index is -3.02. The predicted molar refractivity (Wildman–Crippen MR) is 118 cm³/mol. The van der Waals surface area contributed by atoms with Gasteiger partial charge in [-0.15, -0.1) is 0 Å². The van der Waals surface area contributed by atoms with E-state index in [2.05, 4.69) is 15.3 Å². The highest BCUT2D eigenvalue weighted by atomic mass is 32.2. The fraction of sp³-hybridized carbons (Fsp3) is 0.318. The topological polar surface area (TPSA) is 105 Å². The molecule has 3 heterocycles. The number of benzene rings is 1. The van der Waals surface area contributed by atoms with Gasteiger partial charge >= 0.3 is 0 Å². The maximum absolute atomic E-state index is 12.5. The fourth-order valence-corrected chi connectivity index (χ4v) is 4.49. The third kappa shape index (κ3) is 5.29. The van der Waals surface area contributed by atoms with Crippen molar-refractivity contribution >= 4 is 21.6 Å². The van der Waals surface area contributed by atoms with E-state index < -0.39 is 9.84 Å². The lowest BCUT2D eigenvalue weighted by atomic mass is 10.1. The van der Waals surface area contributed by atoms with Gasteiger partial charge in [0.15, 0.2) is 9.84 Å². The third-order valence-corrected chi connectivity index (χ3v) is 6.79. The van der Waals surface area contributed by atoms with Gasteiger partial charge in [-0.05, 0) is 31.2 Å². The number of amides is 1. The molecule has 0 saturated carbocycles. The number of anilines is 1. The van der Waals surface area contributed by atoms with E-state index in [1.807, 2.05) is 31.2 Å². The van der Waals surface area contributed by atoms with Crippen molar-refractivity contribution in [3.05, 3.63) is 65.7 Å². The van der Waals surface area contributed by atoms with Crippen molar-refractivity contribution in [2.75, 3.05) is 36.5 Å². The van der Waals surface area contributed by atoms with Gasteiger partial charge in [-0.3, -0.25) is 4.79 Å². The smallest absolute Gasteiger partial charge is 0.255 e. The van der Waals surface area contributed by atoms with Crippen LogP contribution >= 0.6 is 0 Å². The number of oxazole rings is 1. The zero-order valence-electron chi connectivity index (χ0n) is 17.2. The second kappa shape index (κ2) is 8.89. The summed E-state index contributed by atoms with van der Waals surface area (Å²) >= 11 is 0. The second-order valence-corrected chi connectivity index (χ2v) is 9.87. The van der Waals surface area contributed by atoms with Gasteiger partial charge in [0.25, 0.3) is 5.91 Å². The van der Waals surface area contributed by atoms with E-state index in [1.54, 1.807) is 23.3 Å². The highest BCUT2D eigenvalue weighted by molar-refractivity contribution is 7.91. The molecule has 31 heavy (non-hydrogen) atoms. The first-order valence-electron chi connectivity index (χ1n) is 10.1. The Bertz CT molecular complexity index is 1140. The average molecular weight is 441 g/mol. The normalized spacial score (nSPS) is 15.6. The van der Waals surface area contributed by atoms with Gasteiger partial charge in [-0.1, -0.05) is 17.7 Å². The number of hydrogen-bond donors (Lipinski definition) is 1. The van der Waals surface area contributed by atoms with Crippen LogP contribution in [0.4, 0.5) is 5.82 Å². The molecule has 1 aliphatic heterocycles. The molecule has 3 aromatic rings. The summed E-state index contributed by atoms with van der Waals surface area (Å²) in [5.74, 6) is 1.08. The number of nitrogens with zero attached hydrogens (tertiary/aromatic N) is 3. The summed E-state index contributed by atoms with van der Waals surface area (Å²) in [7, 11) is -3.02. The number of aryl methyl sites for hydroxylation is 1. The predicted octanol–water partition coefficient (Wildman–Crippen LogP) is 2.57. The minimum Gasteiger partial charge on any atom is -0.444 e. The maximum Gasteiger partial charge on any atom is 0.255 e. The molecule has 9 heteroatoms. The summed E-state index contributed by atoms with van der Waals surface area (Å²) in [6, 6.07) is 11.5. The molecule has 2 aromatic heterocycles. The summed E-state index contributed by atoms with van der Waals surface area (Å²) in [4.78, 5) is 22.9. The summed E-state index contributed by atoms with van der Waals surface area (Å²) < 4.78 is 28.6. The molecule has 0 radical (unpaired) electrons. The molecular formula is C22H24N4O4S. The Balaban J connectivity index is 1.28. The highest BCUT2D eigenvalue weighted by Crippen LogP contribution is 2.19. The van der Waals surface area contributed by atoms with Crippen LogP contribution in [0.1, 0.15) is 21.6 Å². The third-order valence-electron chi connectivity index (χ3n) is 5.18. The summed E-state index contributed by atoms with van der Waals surface area (Å²) in [6.07, 6.45) is 3.84. The Morgan fingerprint density at radius 1 is 1.13 bits per heavy atom. The Morgan fingerprint density at radius 3 is 2.55 bits per heavy atom. The van der Waals surface area contributed by atoms with Gasteiger partial charge < -0.3 is 14.6 Å². The lowest BCUT2D eigenvalue weighted by Crippen LogP contribution is -2.43. The monoisotopic (exact) mass is 440 g/mol. The van der Waals surface area contributed by atoms with Crippen molar-refractivity contribution in [1.29, 1.82) is 0 Å². The standard InChI is InChI=1S/C22H24N4O4S/c1-16-2-4-17(5-3-16)21-25-19(15-30-21)8-9-23-20-7-6-18(14-24-20)22(27)26-10-12-31(28,29)13-11-26/h2-7,14-15H,8-13H2,1H3,(H,23,24). The van der Waals surface area contributed by atoms with Crippen LogP contribution in [-0.2, 0) is 16.3 Å². The first-order chi connectivity index (χ1) is 14.9. The van der Waals surface area contributed by atoms with Crippen molar-refractivity contribution in [3.8, 4) is 11.5 Å². The summed E-state index contributed by atoms with van der Waals surface area (Å²) in [6.45, 7) is 3.10. The van der Waals surface area contributed by atoms with Gasteiger partial charge in [-0.2, -0.15) is 0 Å². The Hall–Kier alpha value is -3.20. The SMILES string of the molecule is Cc1ccc(-c2nc(CCNc3ccc(C(=O)N4CCS(=O)(=O)CC4)cn3)co2)cc1. The Kier molecular flexibility index (Phi) is 6.03. The van der Waals surface area contributed by atoms with Crippen molar-refractivity contribution < 1.29 is 17.6 Å². The number of rotatable bonds is 6. The quantitative estimate of drug-likeness (QED) is 0.628. The van der Waals surface area contributed by atoms with Gasteiger partial charge in [0.1, 0.15) is 12.1 Å². The lowest BCUT2D eigenvalue weighted by Gasteiger charge is -2.26. The van der Waals surface area contributed by atoms with E-state index >= 15 is 0 Å². The highest BCUT2D eigenvalue weighted by Gasteiger charge is 2.25. The molecule has 0 bridgehead atoms. The largest absolute Gasteiger partial charge is 0.444 e. The van der Waals surface area contributed by atoms with Crippen molar-refractivity contribution in [1.82, 2.24) is 14.9 Å². The molecule has 4 rings (SSSR count). The van der Waals surface area contributed by atoms with Crippen LogP contribution < -0.4 is 5.32 Å². The summed E-state index contributed by atoms with van der Waals surface area (Å²) in [5, 5.41) is 3.21. The van der Waals surface area contributed by atoms with Crippen LogP contribution in [0.5, 0.6) is 0 Å². The Morgan fingerprint density at radius 2 is 1.87 bits per heavy atom. The number of hydrogen-bond acceptors (Lipinski definition) is 7. The fourth-order valence-electron chi connectivity index (χ4n) is 3.29. The molecule has 1 aliphatic rings. The number of sulfone groups is 1. The molecule has 0 unspecified atom stereocenters. The molecule has 1 aromatic carbocycles. The van der Waals surface area contributed by atoms with Crippen LogP contribution in [0.3, 0.4) is 0 Å². The van der Waals surface area contributed by atoms with E-state index in [1.165, 1.54) is 11.8 Å². The molecule has 0 atom stereocenters. The molecule has 8 nitrogen and oxygen atoms in total. The van der Waals surface area contributed by atoms with Crippen LogP contribution in [0, 0.1) is 6.92 Å². The number of carbonyl (C=O) groups is 1. The first kappa shape index (κ1) is 21.0. The molecule has 1 fully saturated rings.